The van der Waals surface area contributed by atoms with Crippen molar-refractivity contribution in [3.63, 3.8) is 0 Å². The van der Waals surface area contributed by atoms with Crippen LogP contribution in [0.25, 0.3) is 0 Å². The zero-order valence-corrected chi connectivity index (χ0v) is 16.2. The predicted molar refractivity (Wildman–Crippen MR) is 98.7 cm³/mol. The monoisotopic (exact) mass is 331 g/mol. The van der Waals surface area contributed by atoms with Crippen LogP contribution in [0, 0.1) is 40.4 Å². The normalized spacial score (nSPS) is 62.5. The first-order valence-corrected chi connectivity index (χ1v) is 11.0. The number of hydrogen-bond donors (Lipinski definition) is 2. The second-order valence-corrected chi connectivity index (χ2v) is 11.0. The van der Waals surface area contributed by atoms with Gasteiger partial charge in [-0.3, -0.25) is 0 Å². The molecule has 5 fully saturated rings. The summed E-state index contributed by atoms with van der Waals surface area (Å²) in [5.41, 5.74) is 7.71. The molecule has 136 valence electrons. The maximum Gasteiger partial charge on any atom is 0.0880 e. The Balaban J connectivity index is 1.45. The van der Waals surface area contributed by atoms with E-state index in [0.29, 0.717) is 11.5 Å². The van der Waals surface area contributed by atoms with Gasteiger partial charge in [0.2, 0.25) is 0 Å². The summed E-state index contributed by atoms with van der Waals surface area (Å²) in [5, 5.41) is 0. The molecule has 5 aliphatic rings. The Labute approximate surface area is 148 Å². The van der Waals surface area contributed by atoms with Crippen LogP contribution in [0.15, 0.2) is 0 Å². The zero-order valence-electron chi connectivity index (χ0n) is 16.2. The molecule has 2 nitrogen and oxygen atoms in total. The fourth-order valence-corrected chi connectivity index (χ4v) is 9.26. The van der Waals surface area contributed by atoms with E-state index < -0.39 is 0 Å². The number of nitrogens with one attached hydrogen (secondary N) is 1. The van der Waals surface area contributed by atoms with Crippen molar-refractivity contribution in [1.82, 2.24) is 0 Å². The summed E-state index contributed by atoms with van der Waals surface area (Å²) in [4.78, 5) is 1.84. The lowest BCUT2D eigenvalue weighted by Crippen LogP contribution is -3.11. The summed E-state index contributed by atoms with van der Waals surface area (Å²) in [7, 11) is 2.47. The molecule has 10 atom stereocenters. The van der Waals surface area contributed by atoms with E-state index in [9.17, 15) is 0 Å². The van der Waals surface area contributed by atoms with Gasteiger partial charge < -0.3 is 10.6 Å². The molecular weight excluding hydrogens is 292 g/mol. The summed E-state index contributed by atoms with van der Waals surface area (Å²) in [6.45, 7) is 6.71. The largest absolute Gasteiger partial charge is 0.334 e. The Kier molecular flexibility index (Phi) is 3.51. The smallest absolute Gasteiger partial charge is 0.0880 e. The van der Waals surface area contributed by atoms with E-state index in [4.69, 9.17) is 5.73 Å². The fourth-order valence-electron chi connectivity index (χ4n) is 9.26. The van der Waals surface area contributed by atoms with Crippen LogP contribution in [0.3, 0.4) is 0 Å². The van der Waals surface area contributed by atoms with E-state index in [0.717, 1.165) is 41.0 Å². The molecule has 2 heteroatoms. The maximum absolute atomic E-state index is 6.35. The van der Waals surface area contributed by atoms with E-state index in [1.165, 1.54) is 45.1 Å². The van der Waals surface area contributed by atoms with Crippen molar-refractivity contribution >= 4 is 0 Å². The molecule has 10 unspecified atom stereocenters. The van der Waals surface area contributed by atoms with E-state index in [1.807, 2.05) is 4.90 Å². The second kappa shape index (κ2) is 5.22. The van der Waals surface area contributed by atoms with Crippen LogP contribution in [0.5, 0.6) is 0 Å². The third kappa shape index (κ3) is 1.91. The van der Waals surface area contributed by atoms with E-state index >= 15 is 0 Å². The number of nitrogens with two attached hydrogens (primary N) is 1. The Morgan fingerprint density at radius 3 is 2.54 bits per heavy atom. The van der Waals surface area contributed by atoms with Gasteiger partial charge >= 0.3 is 0 Å². The van der Waals surface area contributed by atoms with Crippen molar-refractivity contribution < 1.29 is 4.90 Å². The average molecular weight is 332 g/mol. The summed E-state index contributed by atoms with van der Waals surface area (Å²) in [5.74, 6) is 5.11. The first kappa shape index (κ1) is 16.1. The van der Waals surface area contributed by atoms with Gasteiger partial charge in [-0.1, -0.05) is 6.92 Å². The molecule has 0 aromatic heterocycles. The van der Waals surface area contributed by atoms with Gasteiger partial charge in [0.1, 0.15) is 0 Å². The first-order valence-electron chi connectivity index (χ1n) is 11.0. The molecule has 0 amide bonds. The maximum atomic E-state index is 6.35. The van der Waals surface area contributed by atoms with Crippen LogP contribution >= 0.6 is 0 Å². The number of fused-ring (bicyclic) bond motifs is 4. The van der Waals surface area contributed by atoms with Gasteiger partial charge in [-0.05, 0) is 93.8 Å². The summed E-state index contributed by atoms with van der Waals surface area (Å²) in [6, 6.07) is 1.41. The highest BCUT2D eigenvalue weighted by atomic mass is 15.2. The molecule has 4 saturated carbocycles. The molecule has 1 spiro atoms. The molecule has 1 aliphatic heterocycles. The minimum atomic E-state index is 0.498. The van der Waals surface area contributed by atoms with Gasteiger partial charge in [0.05, 0.1) is 19.6 Å². The van der Waals surface area contributed by atoms with Gasteiger partial charge in [0.25, 0.3) is 0 Å². The van der Waals surface area contributed by atoms with E-state index in [1.54, 1.807) is 19.3 Å². The highest BCUT2D eigenvalue weighted by Crippen LogP contribution is 2.68. The van der Waals surface area contributed by atoms with Crippen molar-refractivity contribution in [1.29, 1.82) is 0 Å². The molecular formula is C22H39N2+. The second-order valence-electron chi connectivity index (χ2n) is 11.0. The van der Waals surface area contributed by atoms with Gasteiger partial charge in [0, 0.05) is 17.4 Å². The number of quaternary nitrogens is 1. The summed E-state index contributed by atoms with van der Waals surface area (Å²) < 4.78 is 0. The third-order valence-corrected chi connectivity index (χ3v) is 10.5. The Hall–Kier alpha value is -0.0800. The molecule has 0 aromatic rings. The zero-order chi connectivity index (χ0) is 16.7. The standard InChI is InChI=1S/C22H38N2/c1-14-18-6-7-20-17-5-4-15-12-16(23)8-10-21(15,2)19(17)9-11-22(18,20)13-24(14)3/h14-20H,4-13,23H2,1-3H3/p+1. The topological polar surface area (TPSA) is 30.5 Å². The molecule has 0 radical (unpaired) electrons. The Morgan fingerprint density at radius 1 is 0.917 bits per heavy atom. The molecule has 4 aliphatic carbocycles. The van der Waals surface area contributed by atoms with E-state index in [-0.39, 0.29) is 0 Å². The average Bonchev–Trinajstić information content (AvgIpc) is 3.03. The number of hydrogen-bond acceptors (Lipinski definition) is 1. The minimum Gasteiger partial charge on any atom is -0.334 e. The molecule has 5 rings (SSSR count). The van der Waals surface area contributed by atoms with Gasteiger partial charge in [0.15, 0.2) is 0 Å². The summed E-state index contributed by atoms with van der Waals surface area (Å²) >= 11 is 0. The summed E-state index contributed by atoms with van der Waals surface area (Å²) in [6.07, 6.45) is 13.2. The SMILES string of the molecule is CC1C2CCC3C4CCC5CC(N)CCC5(C)C4CCC32C[NH+]1C. The number of rotatable bonds is 0. The van der Waals surface area contributed by atoms with Crippen molar-refractivity contribution in [2.45, 2.75) is 83.7 Å². The van der Waals surface area contributed by atoms with Crippen LogP contribution in [-0.2, 0) is 0 Å². The van der Waals surface area contributed by atoms with Crippen molar-refractivity contribution in [2.75, 3.05) is 13.6 Å². The van der Waals surface area contributed by atoms with Gasteiger partial charge in [-0.25, -0.2) is 0 Å². The van der Waals surface area contributed by atoms with Crippen molar-refractivity contribution in [3.8, 4) is 0 Å². The lowest BCUT2D eigenvalue weighted by atomic mass is 9.44. The van der Waals surface area contributed by atoms with Crippen molar-refractivity contribution in [3.05, 3.63) is 0 Å². The predicted octanol–water partition coefficient (Wildman–Crippen LogP) is 2.87. The highest BCUT2D eigenvalue weighted by Gasteiger charge is 2.66. The van der Waals surface area contributed by atoms with Crippen molar-refractivity contribution in [2.24, 2.45) is 46.2 Å². The minimum absolute atomic E-state index is 0.498. The van der Waals surface area contributed by atoms with Crippen LogP contribution in [0.1, 0.15) is 71.6 Å². The van der Waals surface area contributed by atoms with Crippen LogP contribution in [0.4, 0.5) is 0 Å². The third-order valence-electron chi connectivity index (χ3n) is 10.5. The number of likely N-dealkylation sites (tertiary alicyclic amines) is 1. The molecule has 0 aromatic carbocycles. The van der Waals surface area contributed by atoms with Gasteiger partial charge in [-0.15, -0.1) is 0 Å². The van der Waals surface area contributed by atoms with Crippen LogP contribution in [-0.4, -0.2) is 25.7 Å². The quantitative estimate of drug-likeness (QED) is 0.702. The molecule has 1 heterocycles. The Morgan fingerprint density at radius 2 is 1.71 bits per heavy atom. The molecule has 3 N–H and O–H groups in total. The highest BCUT2D eigenvalue weighted by molar-refractivity contribution is 5.12. The van der Waals surface area contributed by atoms with E-state index in [2.05, 4.69) is 20.9 Å². The van der Waals surface area contributed by atoms with Crippen LogP contribution in [0.2, 0.25) is 0 Å². The fraction of sp³-hybridized carbons (Fsp3) is 1.00. The van der Waals surface area contributed by atoms with Crippen LogP contribution < -0.4 is 10.6 Å². The lowest BCUT2D eigenvalue weighted by molar-refractivity contribution is -0.895. The molecule has 24 heavy (non-hydrogen) atoms. The lowest BCUT2D eigenvalue weighted by Gasteiger charge is -2.60. The Bertz CT molecular complexity index is 518. The molecule has 0 bridgehead atoms. The van der Waals surface area contributed by atoms with Gasteiger partial charge in [-0.2, -0.15) is 0 Å². The first-order chi connectivity index (χ1) is 11.5. The molecule has 1 saturated heterocycles.